The van der Waals surface area contributed by atoms with Crippen molar-refractivity contribution >= 4 is 17.9 Å². The lowest BCUT2D eigenvalue weighted by Crippen LogP contribution is -2.50. The number of ether oxygens (including phenoxy) is 3. The summed E-state index contributed by atoms with van der Waals surface area (Å²) in [7, 11) is 5.49. The second-order valence-electron chi connectivity index (χ2n) is 13.5. The zero-order valence-electron chi connectivity index (χ0n) is 30.3. The minimum atomic E-state index is -0.883. The van der Waals surface area contributed by atoms with Gasteiger partial charge in [-0.15, -0.1) is 0 Å². The van der Waals surface area contributed by atoms with E-state index in [1.165, 1.54) is 64.2 Å². The van der Waals surface area contributed by atoms with Crippen molar-refractivity contribution in [1.82, 2.24) is 0 Å². The van der Waals surface area contributed by atoms with Gasteiger partial charge in [-0.05, 0) is 51.4 Å². The zero-order valence-corrected chi connectivity index (χ0v) is 30.3. The number of hydrogen-bond donors (Lipinski definition) is 1. The molecule has 0 saturated carbocycles. The van der Waals surface area contributed by atoms with Crippen LogP contribution in [0.3, 0.4) is 0 Å². The smallest absolute Gasteiger partial charge is 0.362 e. The van der Waals surface area contributed by atoms with Crippen LogP contribution in [0.4, 0.5) is 0 Å². The summed E-state index contributed by atoms with van der Waals surface area (Å²) in [6, 6.07) is -0.617. The summed E-state index contributed by atoms with van der Waals surface area (Å²) in [6.07, 6.45) is 29.6. The molecule has 8 heteroatoms. The van der Waals surface area contributed by atoms with Gasteiger partial charge < -0.3 is 23.8 Å². The van der Waals surface area contributed by atoms with E-state index in [1.54, 1.807) is 0 Å². The average Bonchev–Trinajstić information content (AvgIpc) is 3.00. The lowest BCUT2D eigenvalue weighted by atomic mass is 10.1. The van der Waals surface area contributed by atoms with E-state index in [4.69, 9.17) is 14.2 Å². The summed E-state index contributed by atoms with van der Waals surface area (Å²) in [5.41, 5.74) is 0. The van der Waals surface area contributed by atoms with Crippen molar-refractivity contribution in [3.63, 3.8) is 0 Å². The highest BCUT2D eigenvalue weighted by atomic mass is 16.6. The van der Waals surface area contributed by atoms with Crippen molar-refractivity contribution in [3.8, 4) is 0 Å². The SMILES string of the molecule is CCCCCC/C=C/CCC(=O)OC(COCCC(C(=O)O)[N+](C)(C)C)COC(=O)CCCCC/C=C/CCCCCCCCC. The van der Waals surface area contributed by atoms with Crippen molar-refractivity contribution in [1.29, 1.82) is 0 Å². The highest BCUT2D eigenvalue weighted by molar-refractivity contribution is 5.72. The van der Waals surface area contributed by atoms with E-state index in [0.717, 1.165) is 44.9 Å². The van der Waals surface area contributed by atoms with E-state index in [1.807, 2.05) is 27.2 Å². The molecule has 0 amide bonds. The van der Waals surface area contributed by atoms with Crippen LogP contribution in [0.2, 0.25) is 0 Å². The molecule has 0 bridgehead atoms. The molecule has 1 N–H and O–H groups in total. The Morgan fingerprint density at radius 1 is 0.630 bits per heavy atom. The molecule has 2 atom stereocenters. The van der Waals surface area contributed by atoms with Crippen LogP contribution in [-0.2, 0) is 28.6 Å². The number of hydrogen-bond acceptors (Lipinski definition) is 6. The Morgan fingerprint density at radius 3 is 1.67 bits per heavy atom. The minimum Gasteiger partial charge on any atom is -0.477 e. The van der Waals surface area contributed by atoms with E-state index in [2.05, 4.69) is 32.1 Å². The highest BCUT2D eigenvalue weighted by Crippen LogP contribution is 2.12. The molecule has 268 valence electrons. The molecule has 2 unspecified atom stereocenters. The Morgan fingerprint density at radius 2 is 1.13 bits per heavy atom. The molecule has 0 heterocycles. The van der Waals surface area contributed by atoms with Gasteiger partial charge in [-0.3, -0.25) is 9.59 Å². The van der Waals surface area contributed by atoms with Gasteiger partial charge in [0.1, 0.15) is 6.61 Å². The molecule has 46 heavy (non-hydrogen) atoms. The fourth-order valence-electron chi connectivity index (χ4n) is 5.16. The lowest BCUT2D eigenvalue weighted by Gasteiger charge is -2.31. The second kappa shape index (κ2) is 30.2. The summed E-state index contributed by atoms with van der Waals surface area (Å²) in [4.78, 5) is 36.6. The maximum Gasteiger partial charge on any atom is 0.362 e. The predicted molar refractivity (Wildman–Crippen MR) is 188 cm³/mol. The van der Waals surface area contributed by atoms with Crippen molar-refractivity contribution in [3.05, 3.63) is 24.3 Å². The number of allylic oxidation sites excluding steroid dienone is 4. The number of likely N-dealkylation sites (N-methyl/N-ethyl adjacent to an activating group) is 1. The Kier molecular flexibility index (Phi) is 28.7. The largest absolute Gasteiger partial charge is 0.477 e. The third kappa shape index (κ3) is 28.1. The number of esters is 2. The number of carbonyl (C=O) groups excluding carboxylic acids is 2. The van der Waals surface area contributed by atoms with E-state index in [0.29, 0.717) is 19.3 Å². The summed E-state index contributed by atoms with van der Waals surface area (Å²) in [5, 5.41) is 9.55. The third-order valence-electron chi connectivity index (χ3n) is 8.09. The molecule has 8 nitrogen and oxygen atoms in total. The van der Waals surface area contributed by atoms with Gasteiger partial charge in [0.05, 0.1) is 34.4 Å². The molecule has 0 aromatic heterocycles. The number of rotatable bonds is 32. The first-order valence-corrected chi connectivity index (χ1v) is 18.4. The molecule has 0 aromatic carbocycles. The highest BCUT2D eigenvalue weighted by Gasteiger charge is 2.31. The van der Waals surface area contributed by atoms with Crippen LogP contribution in [0.1, 0.15) is 149 Å². The van der Waals surface area contributed by atoms with E-state index in [9.17, 15) is 19.5 Å². The molecule has 0 fully saturated rings. The number of unbranched alkanes of at least 4 members (excludes halogenated alkanes) is 14. The van der Waals surface area contributed by atoms with Gasteiger partial charge in [0.2, 0.25) is 0 Å². The van der Waals surface area contributed by atoms with Gasteiger partial charge in [0.15, 0.2) is 12.1 Å². The number of carboxylic acids is 1. The number of carbonyl (C=O) groups is 3. The van der Waals surface area contributed by atoms with Crippen LogP contribution >= 0.6 is 0 Å². The van der Waals surface area contributed by atoms with Gasteiger partial charge in [0.25, 0.3) is 0 Å². The molecular weight excluding hydrogens is 582 g/mol. The first kappa shape index (κ1) is 43.8. The van der Waals surface area contributed by atoms with Crippen LogP contribution < -0.4 is 0 Å². The van der Waals surface area contributed by atoms with Crippen molar-refractivity contribution in [2.24, 2.45) is 0 Å². The van der Waals surface area contributed by atoms with Gasteiger partial charge in [0, 0.05) is 19.3 Å². The number of quaternary nitrogens is 1. The van der Waals surface area contributed by atoms with E-state index >= 15 is 0 Å². The monoisotopic (exact) mass is 653 g/mol. The van der Waals surface area contributed by atoms with Crippen LogP contribution in [0, 0.1) is 0 Å². The van der Waals surface area contributed by atoms with Gasteiger partial charge in [-0.2, -0.15) is 0 Å². The summed E-state index contributed by atoms with van der Waals surface area (Å²) >= 11 is 0. The number of nitrogens with zero attached hydrogens (tertiary/aromatic N) is 1. The quantitative estimate of drug-likeness (QED) is 0.0335. The van der Waals surface area contributed by atoms with Crippen molar-refractivity contribution in [2.45, 2.75) is 161 Å². The average molecular weight is 653 g/mol. The minimum absolute atomic E-state index is 0.0426. The third-order valence-corrected chi connectivity index (χ3v) is 8.09. The summed E-state index contributed by atoms with van der Waals surface area (Å²) < 4.78 is 17.1. The molecule has 0 rings (SSSR count). The van der Waals surface area contributed by atoms with Crippen LogP contribution in [-0.4, -0.2) is 80.6 Å². The Labute approximate surface area is 281 Å². The maximum absolute atomic E-state index is 12.5. The lowest BCUT2D eigenvalue weighted by molar-refractivity contribution is -0.887. The molecule has 0 aliphatic heterocycles. The van der Waals surface area contributed by atoms with E-state index < -0.39 is 18.1 Å². The van der Waals surface area contributed by atoms with Crippen LogP contribution in [0.15, 0.2) is 24.3 Å². The van der Waals surface area contributed by atoms with Crippen LogP contribution in [0.5, 0.6) is 0 Å². The molecular formula is C38H70NO7+. The second-order valence-corrected chi connectivity index (χ2v) is 13.5. The number of carboxylic acid groups (broad SMARTS) is 1. The van der Waals surface area contributed by atoms with Gasteiger partial charge in [-0.25, -0.2) is 4.79 Å². The van der Waals surface area contributed by atoms with Crippen molar-refractivity contribution in [2.75, 3.05) is 41.0 Å². The van der Waals surface area contributed by atoms with Crippen LogP contribution in [0.25, 0.3) is 0 Å². The maximum atomic E-state index is 12.5. The number of aliphatic carboxylic acids is 1. The first-order valence-electron chi connectivity index (χ1n) is 18.4. The normalized spacial score (nSPS) is 13.3. The fourth-order valence-corrected chi connectivity index (χ4v) is 5.16. The molecule has 0 aliphatic carbocycles. The van der Waals surface area contributed by atoms with Crippen molar-refractivity contribution < 1.29 is 38.2 Å². The Hall–Kier alpha value is -2.19. The topological polar surface area (TPSA) is 99.1 Å². The Balaban J connectivity index is 4.45. The molecule has 0 aromatic rings. The molecule has 0 saturated heterocycles. The standard InChI is InChI=1S/C38H69NO7/c1-6-8-10-12-14-16-17-18-19-20-21-23-24-26-28-36(40)45-33-34(32-44-31-30-35(38(42)43)39(3,4)5)46-37(41)29-27-25-22-15-13-11-9-7-2/h19-20,22,25,34-35H,6-18,21,23-24,26-33H2,1-5H3/p+1/b20-19+,25-22+. The fraction of sp³-hybridized carbons (Fsp3) is 0.816. The van der Waals surface area contributed by atoms with Gasteiger partial charge >= 0.3 is 17.9 Å². The van der Waals surface area contributed by atoms with E-state index in [-0.39, 0.29) is 42.7 Å². The predicted octanol–water partition coefficient (Wildman–Crippen LogP) is 8.96. The van der Waals surface area contributed by atoms with Gasteiger partial charge in [-0.1, -0.05) is 102 Å². The summed E-state index contributed by atoms with van der Waals surface area (Å²) in [5.74, 6) is -1.56. The molecule has 0 aliphatic rings. The molecule has 0 radical (unpaired) electrons. The Bertz CT molecular complexity index is 818. The first-order chi connectivity index (χ1) is 22.1. The zero-order chi connectivity index (χ0) is 34.3. The summed E-state index contributed by atoms with van der Waals surface area (Å²) in [6.45, 7) is 4.61. The molecule has 0 spiro atoms.